The van der Waals surface area contributed by atoms with Crippen molar-refractivity contribution in [2.75, 3.05) is 23.8 Å². The summed E-state index contributed by atoms with van der Waals surface area (Å²) in [6, 6.07) is 0. The van der Waals surface area contributed by atoms with Gasteiger partial charge in [0.2, 0.25) is 11.9 Å². The number of nitrogen functional groups attached to an aromatic ring is 1. The second-order valence-corrected chi connectivity index (χ2v) is 4.74. The zero-order valence-corrected chi connectivity index (χ0v) is 11.7. The van der Waals surface area contributed by atoms with Gasteiger partial charge in [-0.25, -0.2) is 10.8 Å². The molecule has 7 heteroatoms. The van der Waals surface area contributed by atoms with Crippen molar-refractivity contribution in [1.82, 2.24) is 15.3 Å². The van der Waals surface area contributed by atoms with Gasteiger partial charge < -0.3 is 10.6 Å². The lowest BCUT2D eigenvalue weighted by Gasteiger charge is -2.10. The molecule has 0 aliphatic heterocycles. The van der Waals surface area contributed by atoms with Gasteiger partial charge in [-0.15, -0.1) is 0 Å². The summed E-state index contributed by atoms with van der Waals surface area (Å²) >= 11 is 0. The molecule has 0 atom stereocenters. The third-order valence-electron chi connectivity index (χ3n) is 2.45. The number of nitrogens with zero attached hydrogens (tertiary/aromatic N) is 2. The number of aromatic nitrogens is 2. The van der Waals surface area contributed by atoms with Crippen LogP contribution in [0.5, 0.6) is 0 Å². The molecule has 7 nitrogen and oxygen atoms in total. The summed E-state index contributed by atoms with van der Waals surface area (Å²) in [4.78, 5) is 19.7. The maximum Gasteiger partial charge on any atom is 0.239 e. The molecule has 0 bridgehead atoms. The number of amides is 1. The molecule has 1 amide bonds. The minimum absolute atomic E-state index is 0.0325. The second kappa shape index (κ2) is 7.52. The first-order chi connectivity index (χ1) is 9.02. The summed E-state index contributed by atoms with van der Waals surface area (Å²) in [6.45, 7) is 7.23. The van der Waals surface area contributed by atoms with E-state index in [0.717, 1.165) is 5.56 Å². The highest BCUT2D eigenvalue weighted by atomic mass is 16.1. The van der Waals surface area contributed by atoms with Crippen molar-refractivity contribution < 1.29 is 4.79 Å². The molecule has 1 aromatic rings. The van der Waals surface area contributed by atoms with Crippen molar-refractivity contribution >= 4 is 17.7 Å². The molecule has 5 N–H and O–H groups in total. The normalized spacial score (nSPS) is 10.4. The van der Waals surface area contributed by atoms with Crippen molar-refractivity contribution in [3.05, 3.63) is 11.8 Å². The second-order valence-electron chi connectivity index (χ2n) is 4.74. The summed E-state index contributed by atoms with van der Waals surface area (Å²) in [5, 5.41) is 5.96. The van der Waals surface area contributed by atoms with Gasteiger partial charge in [-0.05, 0) is 12.8 Å². The molecule has 19 heavy (non-hydrogen) atoms. The van der Waals surface area contributed by atoms with E-state index in [4.69, 9.17) is 5.84 Å². The Bertz CT molecular complexity index is 421. The Morgan fingerprint density at radius 1 is 1.47 bits per heavy atom. The van der Waals surface area contributed by atoms with Crippen LogP contribution in [0.1, 0.15) is 25.8 Å². The summed E-state index contributed by atoms with van der Waals surface area (Å²) in [6.07, 6.45) is 2.07. The lowest BCUT2D eigenvalue weighted by molar-refractivity contribution is -0.120. The number of rotatable bonds is 7. The maximum absolute atomic E-state index is 11.5. The Morgan fingerprint density at radius 2 is 2.21 bits per heavy atom. The first-order valence-electron chi connectivity index (χ1n) is 6.33. The number of hydrazine groups is 1. The van der Waals surface area contributed by atoms with Crippen LogP contribution >= 0.6 is 0 Å². The van der Waals surface area contributed by atoms with Gasteiger partial charge in [-0.3, -0.25) is 10.2 Å². The van der Waals surface area contributed by atoms with Crippen molar-refractivity contribution in [2.24, 2.45) is 11.8 Å². The van der Waals surface area contributed by atoms with Gasteiger partial charge in [-0.2, -0.15) is 4.98 Å². The summed E-state index contributed by atoms with van der Waals surface area (Å²) < 4.78 is 0. The lowest BCUT2D eigenvalue weighted by atomic mass is 10.2. The maximum atomic E-state index is 11.5. The predicted octanol–water partition coefficient (Wildman–Crippen LogP) is 0.645. The fourth-order valence-electron chi connectivity index (χ4n) is 1.39. The number of hydrogen-bond donors (Lipinski definition) is 4. The Balaban J connectivity index is 2.38. The van der Waals surface area contributed by atoms with E-state index >= 15 is 0 Å². The molecule has 106 valence electrons. The van der Waals surface area contributed by atoms with E-state index in [1.54, 1.807) is 6.20 Å². The number of nitrogens with one attached hydrogen (secondary N) is 3. The smallest absolute Gasteiger partial charge is 0.239 e. The molecule has 0 radical (unpaired) electrons. The SMILES string of the molecule is Cc1cnc(NN)nc1NCCC(=O)NCC(C)C. The monoisotopic (exact) mass is 266 g/mol. The van der Waals surface area contributed by atoms with Gasteiger partial charge in [-0.1, -0.05) is 13.8 Å². The number of nitrogens with two attached hydrogens (primary N) is 1. The van der Waals surface area contributed by atoms with Gasteiger partial charge in [0.25, 0.3) is 0 Å². The fourth-order valence-corrected chi connectivity index (χ4v) is 1.39. The average Bonchev–Trinajstić information content (AvgIpc) is 2.38. The molecule has 0 aliphatic rings. The van der Waals surface area contributed by atoms with Crippen LogP contribution in [0.25, 0.3) is 0 Å². The van der Waals surface area contributed by atoms with E-state index in [1.165, 1.54) is 0 Å². The minimum atomic E-state index is 0.0325. The molecular formula is C12H22N6O. The van der Waals surface area contributed by atoms with Crippen LogP contribution in [-0.4, -0.2) is 29.0 Å². The number of anilines is 2. The fraction of sp³-hybridized carbons (Fsp3) is 0.583. The van der Waals surface area contributed by atoms with Crippen LogP contribution < -0.4 is 21.9 Å². The van der Waals surface area contributed by atoms with Crippen LogP contribution in [0.4, 0.5) is 11.8 Å². The van der Waals surface area contributed by atoms with Gasteiger partial charge in [0, 0.05) is 31.3 Å². The van der Waals surface area contributed by atoms with Crippen molar-refractivity contribution in [3.63, 3.8) is 0 Å². The predicted molar refractivity (Wildman–Crippen MR) is 75.5 cm³/mol. The number of hydrogen-bond acceptors (Lipinski definition) is 6. The van der Waals surface area contributed by atoms with Crippen molar-refractivity contribution in [2.45, 2.75) is 27.2 Å². The lowest BCUT2D eigenvalue weighted by Crippen LogP contribution is -2.28. The molecule has 1 rings (SSSR count). The Morgan fingerprint density at radius 3 is 2.84 bits per heavy atom. The van der Waals surface area contributed by atoms with E-state index in [2.05, 4.69) is 39.9 Å². The first kappa shape index (κ1) is 15.2. The molecule has 0 aromatic carbocycles. The van der Waals surface area contributed by atoms with E-state index in [-0.39, 0.29) is 5.91 Å². The minimum Gasteiger partial charge on any atom is -0.369 e. The van der Waals surface area contributed by atoms with Gasteiger partial charge in [0.15, 0.2) is 0 Å². The van der Waals surface area contributed by atoms with Crippen LogP contribution in [0.2, 0.25) is 0 Å². The number of carbonyl (C=O) groups is 1. The molecule has 0 unspecified atom stereocenters. The third-order valence-corrected chi connectivity index (χ3v) is 2.45. The highest BCUT2D eigenvalue weighted by molar-refractivity contribution is 5.76. The van der Waals surface area contributed by atoms with Crippen LogP contribution in [0.3, 0.4) is 0 Å². The zero-order chi connectivity index (χ0) is 14.3. The van der Waals surface area contributed by atoms with E-state index < -0.39 is 0 Å². The van der Waals surface area contributed by atoms with Gasteiger partial charge in [0.05, 0.1) is 0 Å². The highest BCUT2D eigenvalue weighted by Gasteiger charge is 2.05. The molecule has 0 saturated carbocycles. The molecule has 1 aromatic heterocycles. The number of aryl methyl sites for hydroxylation is 1. The Labute approximate surface area is 113 Å². The van der Waals surface area contributed by atoms with E-state index in [9.17, 15) is 4.79 Å². The van der Waals surface area contributed by atoms with Gasteiger partial charge in [0.1, 0.15) is 5.82 Å². The van der Waals surface area contributed by atoms with Crippen molar-refractivity contribution in [3.8, 4) is 0 Å². The van der Waals surface area contributed by atoms with Crippen LogP contribution in [-0.2, 0) is 4.79 Å². The quantitative estimate of drug-likeness (QED) is 0.426. The Hall–Kier alpha value is -1.89. The van der Waals surface area contributed by atoms with E-state index in [0.29, 0.717) is 37.2 Å². The molecule has 0 aliphatic carbocycles. The molecular weight excluding hydrogens is 244 g/mol. The van der Waals surface area contributed by atoms with Gasteiger partial charge >= 0.3 is 0 Å². The van der Waals surface area contributed by atoms with Crippen LogP contribution in [0, 0.1) is 12.8 Å². The summed E-state index contributed by atoms with van der Waals surface area (Å²) in [7, 11) is 0. The third kappa shape index (κ3) is 5.52. The highest BCUT2D eigenvalue weighted by Crippen LogP contribution is 2.11. The molecule has 1 heterocycles. The molecule has 0 fully saturated rings. The average molecular weight is 266 g/mol. The first-order valence-corrected chi connectivity index (χ1v) is 6.33. The summed E-state index contributed by atoms with van der Waals surface area (Å²) in [5.41, 5.74) is 3.29. The molecule has 0 spiro atoms. The molecule has 0 saturated heterocycles. The zero-order valence-electron chi connectivity index (χ0n) is 11.7. The Kier molecular flexibility index (Phi) is 6.01. The number of carbonyl (C=O) groups excluding carboxylic acids is 1. The van der Waals surface area contributed by atoms with Crippen molar-refractivity contribution in [1.29, 1.82) is 0 Å². The summed E-state index contributed by atoms with van der Waals surface area (Å²) in [5.74, 6) is 6.76. The topological polar surface area (TPSA) is 105 Å². The largest absolute Gasteiger partial charge is 0.369 e. The van der Waals surface area contributed by atoms with Crippen LogP contribution in [0.15, 0.2) is 6.20 Å². The standard InChI is InChI=1S/C12H22N6O/c1-8(2)6-15-10(19)4-5-14-11-9(3)7-16-12(17-11)18-13/h7-8H,4-6,13H2,1-3H3,(H,15,19)(H2,14,16,17,18). The van der Waals surface area contributed by atoms with E-state index in [1.807, 2.05) is 6.92 Å².